The number of nitrogens with zero attached hydrogens (tertiary/aromatic N) is 3. The molecule has 7 heteroatoms. The Morgan fingerprint density at radius 3 is 2.81 bits per heavy atom. The van der Waals surface area contributed by atoms with Crippen LogP contribution in [0.3, 0.4) is 0 Å². The first kappa shape index (κ1) is 22.8. The number of halogens is 1. The van der Waals surface area contributed by atoms with Gasteiger partial charge in [0.1, 0.15) is 12.4 Å². The molecule has 1 saturated carbocycles. The number of para-hydroxylation sites is 1. The molecule has 4 rings (SSSR count). The number of ether oxygens (including phenoxy) is 1. The van der Waals surface area contributed by atoms with Gasteiger partial charge in [-0.2, -0.15) is 0 Å². The molecule has 32 heavy (non-hydrogen) atoms. The highest BCUT2D eigenvalue weighted by atomic mass is 19.1. The van der Waals surface area contributed by atoms with Crippen LogP contribution in [-0.2, 0) is 11.2 Å². The van der Waals surface area contributed by atoms with E-state index in [-0.39, 0.29) is 17.5 Å². The monoisotopic (exact) mass is 443 g/mol. The Kier molecular flexibility index (Phi) is 7.13. The maximum Gasteiger partial charge on any atom is 0.230 e. The van der Waals surface area contributed by atoms with Crippen LogP contribution in [0.4, 0.5) is 4.39 Å². The Morgan fingerprint density at radius 1 is 1.28 bits per heavy atom. The van der Waals surface area contributed by atoms with Gasteiger partial charge in [0.05, 0.1) is 11.1 Å². The van der Waals surface area contributed by atoms with Gasteiger partial charge in [0.15, 0.2) is 11.6 Å². The van der Waals surface area contributed by atoms with Crippen LogP contribution in [0.15, 0.2) is 34.9 Å². The molecule has 0 radical (unpaired) electrons. The molecule has 1 saturated heterocycles. The van der Waals surface area contributed by atoms with Gasteiger partial charge >= 0.3 is 0 Å². The highest BCUT2D eigenvalue weighted by molar-refractivity contribution is 5.83. The molecule has 0 N–H and O–H groups in total. The van der Waals surface area contributed by atoms with Gasteiger partial charge in [-0.05, 0) is 37.9 Å². The van der Waals surface area contributed by atoms with Crippen molar-refractivity contribution in [2.24, 2.45) is 5.41 Å². The van der Waals surface area contributed by atoms with Crippen molar-refractivity contribution >= 4 is 5.91 Å². The number of benzene rings is 1. The SMILES string of the molecule is CN(C)C(=O)[C@]1(Cc2cc(C3CCCCC3)no2)CCN(CCOc2ccccc2F)C1. The first-order valence-electron chi connectivity index (χ1n) is 11.7. The van der Waals surface area contributed by atoms with Gasteiger partial charge < -0.3 is 14.2 Å². The third-order valence-corrected chi connectivity index (χ3v) is 6.91. The van der Waals surface area contributed by atoms with E-state index < -0.39 is 5.41 Å². The van der Waals surface area contributed by atoms with Crippen molar-refractivity contribution < 1.29 is 18.4 Å². The van der Waals surface area contributed by atoms with Crippen LogP contribution in [0.5, 0.6) is 5.75 Å². The van der Waals surface area contributed by atoms with Gasteiger partial charge in [0.2, 0.25) is 5.91 Å². The molecule has 0 spiro atoms. The Hall–Kier alpha value is -2.41. The number of carbonyl (C=O) groups excluding carboxylic acids is 1. The van der Waals surface area contributed by atoms with Crippen LogP contribution in [-0.4, -0.2) is 61.2 Å². The molecule has 2 heterocycles. The van der Waals surface area contributed by atoms with Crippen LogP contribution in [0.1, 0.15) is 55.9 Å². The molecule has 1 amide bonds. The Bertz CT molecular complexity index is 909. The van der Waals surface area contributed by atoms with Crippen molar-refractivity contribution in [2.75, 3.05) is 40.3 Å². The Labute approximate surface area is 189 Å². The fourth-order valence-electron chi connectivity index (χ4n) is 5.20. The Morgan fingerprint density at radius 2 is 2.06 bits per heavy atom. The van der Waals surface area contributed by atoms with Crippen LogP contribution in [0.2, 0.25) is 0 Å². The summed E-state index contributed by atoms with van der Waals surface area (Å²) in [6, 6.07) is 8.50. The summed E-state index contributed by atoms with van der Waals surface area (Å²) in [6.45, 7) is 2.44. The zero-order chi connectivity index (χ0) is 22.6. The molecule has 0 unspecified atom stereocenters. The first-order chi connectivity index (χ1) is 15.5. The second kappa shape index (κ2) is 10.0. The van der Waals surface area contributed by atoms with Crippen molar-refractivity contribution in [1.29, 1.82) is 0 Å². The lowest BCUT2D eigenvalue weighted by atomic mass is 9.80. The quantitative estimate of drug-likeness (QED) is 0.610. The number of aromatic nitrogens is 1. The summed E-state index contributed by atoms with van der Waals surface area (Å²) >= 11 is 0. The molecule has 1 aliphatic carbocycles. The minimum atomic E-state index is -0.537. The van der Waals surface area contributed by atoms with Crippen molar-refractivity contribution in [2.45, 2.75) is 50.9 Å². The number of carbonyl (C=O) groups is 1. The highest BCUT2D eigenvalue weighted by Crippen LogP contribution is 2.38. The average Bonchev–Trinajstić information content (AvgIpc) is 3.43. The summed E-state index contributed by atoms with van der Waals surface area (Å²) < 4.78 is 25.1. The first-order valence-corrected chi connectivity index (χ1v) is 11.7. The van der Waals surface area contributed by atoms with Gasteiger partial charge in [0, 0.05) is 45.6 Å². The lowest BCUT2D eigenvalue weighted by molar-refractivity contribution is -0.139. The summed E-state index contributed by atoms with van der Waals surface area (Å²) in [6.07, 6.45) is 7.45. The number of rotatable bonds is 8. The fourth-order valence-corrected chi connectivity index (χ4v) is 5.20. The molecular formula is C25H34FN3O3. The third-order valence-electron chi connectivity index (χ3n) is 6.91. The van der Waals surface area contributed by atoms with E-state index in [0.29, 0.717) is 32.0 Å². The number of likely N-dealkylation sites (tertiary alicyclic amines) is 1. The Balaban J connectivity index is 1.39. The minimum absolute atomic E-state index is 0.116. The molecule has 2 aromatic rings. The van der Waals surface area contributed by atoms with E-state index in [2.05, 4.69) is 16.1 Å². The van der Waals surface area contributed by atoms with Gasteiger partial charge in [0.25, 0.3) is 0 Å². The summed E-state index contributed by atoms with van der Waals surface area (Å²) in [5, 5.41) is 4.36. The third kappa shape index (κ3) is 5.14. The van der Waals surface area contributed by atoms with Crippen molar-refractivity contribution in [1.82, 2.24) is 15.0 Å². The number of hydrogen-bond acceptors (Lipinski definition) is 5. The zero-order valence-corrected chi connectivity index (χ0v) is 19.2. The van der Waals surface area contributed by atoms with E-state index in [0.717, 1.165) is 24.4 Å². The largest absolute Gasteiger partial charge is 0.489 e. The molecular weight excluding hydrogens is 409 g/mol. The highest BCUT2D eigenvalue weighted by Gasteiger charge is 2.46. The van der Waals surface area contributed by atoms with Gasteiger partial charge in [-0.15, -0.1) is 0 Å². The number of amides is 1. The van der Waals surface area contributed by atoms with Crippen LogP contribution >= 0.6 is 0 Å². The molecule has 174 valence electrons. The van der Waals surface area contributed by atoms with Crippen molar-refractivity contribution in [3.63, 3.8) is 0 Å². The average molecular weight is 444 g/mol. The standard InChI is InChI=1S/C25H34FN3O3/c1-28(2)24(30)25(17-20-16-22(27-32-20)19-8-4-3-5-9-19)12-13-29(18-25)14-15-31-23-11-7-6-10-21(23)26/h6-7,10-11,16,19H,3-5,8-9,12-15,17-18H2,1-2H3/t25-/m0/s1. The predicted molar refractivity (Wildman–Crippen MR) is 120 cm³/mol. The normalized spacial score (nSPS) is 22.2. The maximum absolute atomic E-state index is 13.8. The van der Waals surface area contributed by atoms with E-state index >= 15 is 0 Å². The van der Waals surface area contributed by atoms with E-state index in [9.17, 15) is 9.18 Å². The molecule has 6 nitrogen and oxygen atoms in total. The van der Waals surface area contributed by atoms with Crippen molar-refractivity contribution in [3.8, 4) is 5.75 Å². The van der Waals surface area contributed by atoms with E-state index in [4.69, 9.17) is 9.26 Å². The summed E-state index contributed by atoms with van der Waals surface area (Å²) in [4.78, 5) is 17.1. The predicted octanol–water partition coefficient (Wildman–Crippen LogP) is 4.26. The van der Waals surface area contributed by atoms with Crippen LogP contribution in [0, 0.1) is 11.2 Å². The van der Waals surface area contributed by atoms with Gasteiger partial charge in [-0.25, -0.2) is 4.39 Å². The van der Waals surface area contributed by atoms with E-state index in [1.807, 2.05) is 14.1 Å². The lowest BCUT2D eigenvalue weighted by Crippen LogP contribution is -2.44. The second-order valence-corrected chi connectivity index (χ2v) is 9.51. The molecule has 1 atom stereocenters. The summed E-state index contributed by atoms with van der Waals surface area (Å²) in [5.74, 6) is 1.30. The van der Waals surface area contributed by atoms with E-state index in [1.54, 1.807) is 23.1 Å². The van der Waals surface area contributed by atoms with Crippen molar-refractivity contribution in [3.05, 3.63) is 47.6 Å². The van der Waals surface area contributed by atoms with Crippen LogP contribution in [0.25, 0.3) is 0 Å². The molecule has 1 aromatic heterocycles. The fraction of sp³-hybridized carbons (Fsp3) is 0.600. The molecule has 2 aliphatic rings. The molecule has 0 bridgehead atoms. The summed E-state index contributed by atoms with van der Waals surface area (Å²) in [7, 11) is 3.61. The number of hydrogen-bond donors (Lipinski definition) is 0. The molecule has 1 aromatic carbocycles. The van der Waals surface area contributed by atoms with Crippen LogP contribution < -0.4 is 4.74 Å². The van der Waals surface area contributed by atoms with E-state index in [1.165, 1.54) is 38.2 Å². The van der Waals surface area contributed by atoms with Gasteiger partial charge in [-0.1, -0.05) is 36.6 Å². The smallest absolute Gasteiger partial charge is 0.230 e. The second-order valence-electron chi connectivity index (χ2n) is 9.51. The molecule has 1 aliphatic heterocycles. The molecule has 2 fully saturated rings. The maximum atomic E-state index is 13.8. The lowest BCUT2D eigenvalue weighted by Gasteiger charge is -2.30. The summed E-state index contributed by atoms with van der Waals surface area (Å²) in [5.41, 5.74) is 0.505. The zero-order valence-electron chi connectivity index (χ0n) is 19.2. The minimum Gasteiger partial charge on any atom is -0.489 e. The van der Waals surface area contributed by atoms with Gasteiger partial charge in [-0.3, -0.25) is 9.69 Å². The topological polar surface area (TPSA) is 58.8 Å².